The summed E-state index contributed by atoms with van der Waals surface area (Å²) in [4.78, 5) is 40.6. The smallest absolute Gasteiger partial charge is 0.270 e. The highest BCUT2D eigenvalue weighted by atomic mass is 35.5. The Labute approximate surface area is 251 Å². The Bertz CT molecular complexity index is 1650. The molecular formula is C31H22ClN3O6S. The third-order valence-corrected chi connectivity index (χ3v) is 7.02. The van der Waals surface area contributed by atoms with Crippen molar-refractivity contribution in [2.75, 3.05) is 16.9 Å². The zero-order valence-electron chi connectivity index (χ0n) is 22.1. The van der Waals surface area contributed by atoms with Crippen molar-refractivity contribution in [1.29, 1.82) is 0 Å². The first-order valence-corrected chi connectivity index (χ1v) is 13.4. The Morgan fingerprint density at radius 3 is 1.93 bits per heavy atom. The Hall–Kier alpha value is -5.06. The second-order valence-corrected chi connectivity index (χ2v) is 9.81. The molecule has 5 rings (SSSR count). The van der Waals surface area contributed by atoms with Gasteiger partial charge in [-0.1, -0.05) is 48.0 Å². The Kier molecular flexibility index (Phi) is 8.28. The van der Waals surface area contributed by atoms with Crippen molar-refractivity contribution in [2.45, 2.75) is 6.61 Å². The van der Waals surface area contributed by atoms with Gasteiger partial charge >= 0.3 is 0 Å². The van der Waals surface area contributed by atoms with E-state index in [4.69, 9.17) is 33.3 Å². The fourth-order valence-corrected chi connectivity index (χ4v) is 4.99. The summed E-state index contributed by atoms with van der Waals surface area (Å²) >= 11 is 12.2. The van der Waals surface area contributed by atoms with Gasteiger partial charge in [0.05, 0.1) is 28.4 Å². The molecule has 2 amide bonds. The summed E-state index contributed by atoms with van der Waals surface area (Å²) in [5.74, 6) is -0.671. The maximum Gasteiger partial charge on any atom is 0.270 e. The number of carbonyl (C=O) groups is 2. The van der Waals surface area contributed by atoms with E-state index in [2.05, 4.69) is 0 Å². The fraction of sp³-hybridized carbons (Fsp3) is 0.0645. The summed E-state index contributed by atoms with van der Waals surface area (Å²) in [5.41, 5.74) is 1.96. The van der Waals surface area contributed by atoms with Crippen LogP contribution in [0.3, 0.4) is 0 Å². The van der Waals surface area contributed by atoms with Crippen molar-refractivity contribution < 1.29 is 24.0 Å². The van der Waals surface area contributed by atoms with Crippen molar-refractivity contribution in [1.82, 2.24) is 0 Å². The van der Waals surface area contributed by atoms with Gasteiger partial charge in [-0.2, -0.15) is 0 Å². The lowest BCUT2D eigenvalue weighted by atomic mass is 10.0. The largest absolute Gasteiger partial charge is 0.493 e. The van der Waals surface area contributed by atoms with Crippen molar-refractivity contribution in [3.05, 3.63) is 129 Å². The van der Waals surface area contributed by atoms with E-state index in [1.807, 2.05) is 12.1 Å². The van der Waals surface area contributed by atoms with Crippen LogP contribution in [-0.2, 0) is 16.2 Å². The minimum Gasteiger partial charge on any atom is -0.493 e. The summed E-state index contributed by atoms with van der Waals surface area (Å²) in [6, 6.07) is 26.7. The molecule has 0 N–H and O–H groups in total. The molecule has 0 radical (unpaired) electrons. The lowest BCUT2D eigenvalue weighted by Gasteiger charge is -2.36. The van der Waals surface area contributed by atoms with Gasteiger partial charge in [-0.25, -0.2) is 0 Å². The summed E-state index contributed by atoms with van der Waals surface area (Å²) in [6.45, 7) is 0.0704. The predicted molar refractivity (Wildman–Crippen MR) is 164 cm³/mol. The number of thiocarbonyl (C=S) groups is 1. The van der Waals surface area contributed by atoms with E-state index in [0.29, 0.717) is 22.5 Å². The minimum absolute atomic E-state index is 0.0315. The molecule has 42 heavy (non-hydrogen) atoms. The van der Waals surface area contributed by atoms with Crippen molar-refractivity contribution in [2.24, 2.45) is 0 Å². The molecule has 0 spiro atoms. The number of non-ortho nitro benzene ring substituents is 1. The molecule has 1 saturated heterocycles. The topological polar surface area (TPSA) is 102 Å². The highest BCUT2D eigenvalue weighted by Crippen LogP contribution is 2.38. The molecule has 9 nitrogen and oxygen atoms in total. The minimum atomic E-state index is -0.586. The van der Waals surface area contributed by atoms with Crippen LogP contribution in [0.15, 0.2) is 103 Å². The molecular weight excluding hydrogens is 578 g/mol. The molecule has 1 heterocycles. The average molecular weight is 600 g/mol. The van der Waals surface area contributed by atoms with Gasteiger partial charge in [0.15, 0.2) is 16.6 Å². The number of amides is 2. The SMILES string of the molecule is COc1cc(C=C2C(=O)N(c3ccccc3)C(=S)N(c3ccccc3)C2=O)cc(Cl)c1OCc1ccc([N+](=O)[O-])cc1. The monoisotopic (exact) mass is 599 g/mol. The Balaban J connectivity index is 1.50. The number of hydrogen-bond acceptors (Lipinski definition) is 7. The molecule has 4 aromatic carbocycles. The van der Waals surface area contributed by atoms with Crippen molar-refractivity contribution in [3.8, 4) is 11.5 Å². The van der Waals surface area contributed by atoms with E-state index < -0.39 is 16.7 Å². The molecule has 1 aliphatic heterocycles. The fourth-order valence-electron chi connectivity index (χ4n) is 4.34. The van der Waals surface area contributed by atoms with Gasteiger partial charge in [-0.05, 0) is 78.0 Å². The third-order valence-electron chi connectivity index (χ3n) is 6.37. The number of ether oxygens (including phenoxy) is 2. The van der Waals surface area contributed by atoms with Crippen LogP contribution in [0.4, 0.5) is 17.1 Å². The van der Waals surface area contributed by atoms with Gasteiger partial charge < -0.3 is 9.47 Å². The van der Waals surface area contributed by atoms with Crippen LogP contribution in [0.5, 0.6) is 11.5 Å². The van der Waals surface area contributed by atoms with Gasteiger partial charge in [0.2, 0.25) is 0 Å². The van der Waals surface area contributed by atoms with Crippen LogP contribution in [0.2, 0.25) is 5.02 Å². The summed E-state index contributed by atoms with van der Waals surface area (Å²) < 4.78 is 11.4. The van der Waals surface area contributed by atoms with Gasteiger partial charge in [0.1, 0.15) is 12.2 Å². The number of rotatable bonds is 8. The summed E-state index contributed by atoms with van der Waals surface area (Å²) in [5, 5.41) is 11.1. The highest BCUT2D eigenvalue weighted by Gasteiger charge is 2.41. The Morgan fingerprint density at radius 1 is 0.881 bits per heavy atom. The number of methoxy groups -OCH3 is 1. The predicted octanol–water partition coefficient (Wildman–Crippen LogP) is 6.58. The van der Waals surface area contributed by atoms with Crippen LogP contribution in [0.1, 0.15) is 11.1 Å². The summed E-state index contributed by atoms with van der Waals surface area (Å²) in [6.07, 6.45) is 1.44. The lowest BCUT2D eigenvalue weighted by molar-refractivity contribution is -0.384. The number of anilines is 2. The number of hydrogen-bond donors (Lipinski definition) is 0. The summed E-state index contributed by atoms with van der Waals surface area (Å²) in [7, 11) is 1.44. The highest BCUT2D eigenvalue weighted by molar-refractivity contribution is 7.81. The van der Waals surface area contributed by atoms with E-state index in [9.17, 15) is 19.7 Å². The second-order valence-electron chi connectivity index (χ2n) is 9.04. The number of benzene rings is 4. The number of nitrogens with zero attached hydrogens (tertiary/aromatic N) is 3. The molecule has 4 aromatic rings. The standard InChI is InChI=1S/C31H22ClN3O6S/c1-40-27-18-21(17-26(32)28(27)41-19-20-12-14-24(15-13-20)35(38)39)16-25-29(36)33(22-8-4-2-5-9-22)31(42)34(30(25)37)23-10-6-3-7-11-23/h2-18H,19H2,1H3. The average Bonchev–Trinajstić information content (AvgIpc) is 3.00. The first-order chi connectivity index (χ1) is 20.3. The van der Waals surface area contributed by atoms with E-state index in [0.717, 1.165) is 0 Å². The number of carbonyl (C=O) groups excluding carboxylic acids is 2. The maximum absolute atomic E-state index is 13.8. The molecule has 1 fully saturated rings. The molecule has 1 aliphatic rings. The quantitative estimate of drug-likeness (QED) is 0.0740. The van der Waals surface area contributed by atoms with Crippen molar-refractivity contribution in [3.63, 3.8) is 0 Å². The molecule has 0 unspecified atom stereocenters. The molecule has 11 heteroatoms. The molecule has 0 saturated carbocycles. The zero-order valence-corrected chi connectivity index (χ0v) is 23.7. The number of halogens is 1. The molecule has 0 aliphatic carbocycles. The molecule has 210 valence electrons. The van der Waals surface area contributed by atoms with Crippen LogP contribution < -0.4 is 19.3 Å². The molecule has 0 aromatic heterocycles. The molecule has 0 bridgehead atoms. The van der Waals surface area contributed by atoms with Gasteiger partial charge in [0, 0.05) is 12.1 Å². The van der Waals surface area contributed by atoms with Gasteiger partial charge in [-0.15, -0.1) is 0 Å². The van der Waals surface area contributed by atoms with Crippen LogP contribution in [0.25, 0.3) is 6.08 Å². The lowest BCUT2D eigenvalue weighted by Crippen LogP contribution is -2.56. The van der Waals surface area contributed by atoms with Crippen molar-refractivity contribution >= 4 is 63.9 Å². The van der Waals surface area contributed by atoms with E-state index in [1.54, 1.807) is 72.8 Å². The van der Waals surface area contributed by atoms with E-state index >= 15 is 0 Å². The number of nitro benzene ring substituents is 1. The number of para-hydroxylation sites is 2. The van der Waals surface area contributed by atoms with Crippen LogP contribution in [0, 0.1) is 10.1 Å². The van der Waals surface area contributed by atoms with Gasteiger partial charge in [-0.3, -0.25) is 29.5 Å². The van der Waals surface area contributed by atoms with Gasteiger partial charge in [0.25, 0.3) is 17.5 Å². The zero-order chi connectivity index (χ0) is 29.8. The first kappa shape index (κ1) is 28.5. The normalized spacial score (nSPS) is 13.3. The van der Waals surface area contributed by atoms with Crippen LogP contribution >= 0.6 is 23.8 Å². The van der Waals surface area contributed by atoms with Crippen LogP contribution in [-0.4, -0.2) is 29.0 Å². The van der Waals surface area contributed by atoms with E-state index in [1.165, 1.54) is 35.1 Å². The number of nitro groups is 1. The Morgan fingerprint density at radius 2 is 1.43 bits per heavy atom. The third kappa shape index (κ3) is 5.71. The first-order valence-electron chi connectivity index (χ1n) is 12.6. The van der Waals surface area contributed by atoms with E-state index in [-0.39, 0.29) is 39.5 Å². The second kappa shape index (κ2) is 12.2. The molecule has 0 atom stereocenters. The maximum atomic E-state index is 13.8.